The molecule has 3 aromatic rings. The van der Waals surface area contributed by atoms with Gasteiger partial charge in [0.25, 0.3) is 0 Å². The van der Waals surface area contributed by atoms with E-state index in [0.717, 1.165) is 28.8 Å². The third kappa shape index (κ3) is 5.17. The van der Waals surface area contributed by atoms with E-state index in [1.54, 1.807) is 36.4 Å². The molecule has 0 aliphatic carbocycles. The Bertz CT molecular complexity index is 1040. The molecule has 0 bridgehead atoms. The van der Waals surface area contributed by atoms with E-state index in [2.05, 4.69) is 23.7 Å². The molecule has 1 nitrogen and oxygen atoms in total. The minimum absolute atomic E-state index is 0.191. The summed E-state index contributed by atoms with van der Waals surface area (Å²) in [4.78, 5) is 0. The molecule has 0 fully saturated rings. The van der Waals surface area contributed by atoms with Crippen molar-refractivity contribution in [3.05, 3.63) is 101 Å². The van der Waals surface area contributed by atoms with Crippen LogP contribution in [0, 0.1) is 23.7 Å². The maximum Gasteiger partial charge on any atom is 0.416 e. The van der Waals surface area contributed by atoms with Crippen LogP contribution in [0.15, 0.2) is 72.8 Å². The van der Waals surface area contributed by atoms with Gasteiger partial charge in [0.1, 0.15) is 5.75 Å². The molecular formula is C23H13F3O. The Hall–Kier alpha value is -3.63. The Morgan fingerprint density at radius 3 is 1.15 bits per heavy atom. The normalized spacial score (nSPS) is 10.3. The van der Waals surface area contributed by atoms with Crippen molar-refractivity contribution < 1.29 is 18.3 Å². The average molecular weight is 362 g/mol. The summed E-state index contributed by atoms with van der Waals surface area (Å²) >= 11 is 0. The van der Waals surface area contributed by atoms with Crippen LogP contribution in [0.5, 0.6) is 5.75 Å². The van der Waals surface area contributed by atoms with Gasteiger partial charge in [0.2, 0.25) is 0 Å². The summed E-state index contributed by atoms with van der Waals surface area (Å²) in [5.74, 6) is 12.0. The third-order valence-electron chi connectivity index (χ3n) is 3.67. The highest BCUT2D eigenvalue weighted by Gasteiger charge is 2.29. The summed E-state index contributed by atoms with van der Waals surface area (Å²) in [5.41, 5.74) is 2.16. The van der Waals surface area contributed by atoms with Crippen molar-refractivity contribution in [3.8, 4) is 29.4 Å². The Balaban J connectivity index is 1.70. The Morgan fingerprint density at radius 1 is 0.519 bits per heavy atom. The van der Waals surface area contributed by atoms with Crippen LogP contribution in [-0.4, -0.2) is 5.11 Å². The van der Waals surface area contributed by atoms with Crippen molar-refractivity contribution in [3.63, 3.8) is 0 Å². The molecule has 0 aliphatic rings. The zero-order valence-electron chi connectivity index (χ0n) is 14.0. The molecule has 0 saturated heterocycles. The fraction of sp³-hybridized carbons (Fsp3) is 0.0435. The minimum Gasteiger partial charge on any atom is -0.508 e. The predicted octanol–water partition coefficient (Wildman–Crippen LogP) is 5.21. The number of phenolic OH excluding ortho intramolecular Hbond substituents is 1. The lowest BCUT2D eigenvalue weighted by atomic mass is 10.1. The van der Waals surface area contributed by atoms with Crippen molar-refractivity contribution in [2.45, 2.75) is 6.18 Å². The number of hydrogen-bond donors (Lipinski definition) is 1. The number of aromatic hydroxyl groups is 1. The SMILES string of the molecule is Oc1ccc(C#Cc2ccc(C#Cc3ccc(C(F)(F)F)cc3)cc2)cc1. The number of benzene rings is 3. The molecule has 3 rings (SSSR count). The van der Waals surface area contributed by atoms with Crippen LogP contribution < -0.4 is 0 Å². The van der Waals surface area contributed by atoms with Crippen LogP contribution in [-0.2, 0) is 6.18 Å². The second kappa shape index (κ2) is 7.72. The molecule has 0 amide bonds. The van der Waals surface area contributed by atoms with Crippen LogP contribution in [0.3, 0.4) is 0 Å². The molecule has 1 N–H and O–H groups in total. The van der Waals surface area contributed by atoms with Gasteiger partial charge < -0.3 is 5.11 Å². The number of rotatable bonds is 0. The first-order valence-electron chi connectivity index (χ1n) is 8.00. The molecule has 0 radical (unpaired) electrons. The van der Waals surface area contributed by atoms with Gasteiger partial charge in [-0.25, -0.2) is 0 Å². The number of alkyl halides is 3. The van der Waals surface area contributed by atoms with Crippen LogP contribution in [0.4, 0.5) is 13.2 Å². The number of hydrogen-bond acceptors (Lipinski definition) is 1. The van der Waals surface area contributed by atoms with Gasteiger partial charge in [0.15, 0.2) is 0 Å². The highest BCUT2D eigenvalue weighted by Crippen LogP contribution is 2.28. The molecule has 0 unspecified atom stereocenters. The van der Waals surface area contributed by atoms with E-state index in [-0.39, 0.29) is 5.75 Å². The van der Waals surface area contributed by atoms with Crippen LogP contribution >= 0.6 is 0 Å². The fourth-order valence-electron chi connectivity index (χ4n) is 2.21. The van der Waals surface area contributed by atoms with E-state index in [1.165, 1.54) is 12.1 Å². The maximum absolute atomic E-state index is 12.5. The Labute approximate surface area is 155 Å². The standard InChI is InChI=1S/C23H13F3O/c24-23(25,26)21-13-9-19(10-14-21)7-5-17-1-3-18(4-2-17)6-8-20-11-15-22(27)16-12-20/h1-4,9-16,27H. The van der Waals surface area contributed by atoms with Crippen molar-refractivity contribution >= 4 is 0 Å². The molecule has 0 saturated carbocycles. The van der Waals surface area contributed by atoms with Gasteiger partial charge in [0.05, 0.1) is 5.56 Å². The lowest BCUT2D eigenvalue weighted by Gasteiger charge is -2.05. The molecule has 0 aliphatic heterocycles. The van der Waals surface area contributed by atoms with Crippen molar-refractivity contribution in [2.75, 3.05) is 0 Å². The summed E-state index contributed by atoms with van der Waals surface area (Å²) < 4.78 is 37.6. The minimum atomic E-state index is -4.34. The zero-order chi connectivity index (χ0) is 19.3. The summed E-state index contributed by atoms with van der Waals surface area (Å²) in [7, 11) is 0. The quantitative estimate of drug-likeness (QED) is 0.544. The van der Waals surface area contributed by atoms with E-state index in [0.29, 0.717) is 5.56 Å². The first kappa shape index (κ1) is 18.2. The van der Waals surface area contributed by atoms with E-state index in [1.807, 2.05) is 12.1 Å². The molecule has 4 heteroatoms. The highest BCUT2D eigenvalue weighted by molar-refractivity contribution is 5.48. The van der Waals surface area contributed by atoms with Crippen LogP contribution in [0.2, 0.25) is 0 Å². The fourth-order valence-corrected chi connectivity index (χ4v) is 2.21. The smallest absolute Gasteiger partial charge is 0.416 e. The van der Waals surface area contributed by atoms with Gasteiger partial charge in [-0.15, -0.1) is 0 Å². The van der Waals surface area contributed by atoms with Crippen LogP contribution in [0.25, 0.3) is 0 Å². The Kier molecular flexibility index (Phi) is 5.20. The van der Waals surface area contributed by atoms with E-state index < -0.39 is 11.7 Å². The second-order valence-corrected chi connectivity index (χ2v) is 5.70. The first-order chi connectivity index (χ1) is 12.9. The van der Waals surface area contributed by atoms with Gasteiger partial charge >= 0.3 is 6.18 Å². The second-order valence-electron chi connectivity index (χ2n) is 5.70. The molecule has 0 heterocycles. The van der Waals surface area contributed by atoms with Crippen molar-refractivity contribution in [1.82, 2.24) is 0 Å². The lowest BCUT2D eigenvalue weighted by Crippen LogP contribution is -2.04. The molecule has 132 valence electrons. The zero-order valence-corrected chi connectivity index (χ0v) is 14.0. The number of phenols is 1. The van der Waals surface area contributed by atoms with Gasteiger partial charge in [-0.1, -0.05) is 23.7 Å². The summed E-state index contributed by atoms with van der Waals surface area (Å²) in [6, 6.07) is 18.6. The summed E-state index contributed by atoms with van der Waals surface area (Å²) in [5, 5.41) is 9.24. The van der Waals surface area contributed by atoms with Crippen molar-refractivity contribution in [1.29, 1.82) is 0 Å². The Morgan fingerprint density at radius 2 is 0.815 bits per heavy atom. The molecule has 3 aromatic carbocycles. The third-order valence-corrected chi connectivity index (χ3v) is 3.67. The van der Waals surface area contributed by atoms with Gasteiger partial charge in [-0.2, -0.15) is 13.2 Å². The predicted molar refractivity (Wildman–Crippen MR) is 98.0 cm³/mol. The molecule has 0 atom stereocenters. The average Bonchev–Trinajstić information content (AvgIpc) is 2.66. The van der Waals surface area contributed by atoms with E-state index >= 15 is 0 Å². The van der Waals surface area contributed by atoms with Crippen molar-refractivity contribution in [2.24, 2.45) is 0 Å². The highest BCUT2D eigenvalue weighted by atomic mass is 19.4. The summed E-state index contributed by atoms with van der Waals surface area (Å²) in [6.45, 7) is 0. The topological polar surface area (TPSA) is 20.2 Å². The van der Waals surface area contributed by atoms with Gasteiger partial charge in [-0.3, -0.25) is 0 Å². The molecule has 0 aromatic heterocycles. The molecule has 0 spiro atoms. The lowest BCUT2D eigenvalue weighted by molar-refractivity contribution is -0.137. The van der Waals surface area contributed by atoms with Gasteiger partial charge in [0, 0.05) is 22.3 Å². The maximum atomic E-state index is 12.5. The van der Waals surface area contributed by atoms with Crippen LogP contribution in [0.1, 0.15) is 27.8 Å². The summed E-state index contributed by atoms with van der Waals surface area (Å²) in [6.07, 6.45) is -4.34. The largest absolute Gasteiger partial charge is 0.508 e. The van der Waals surface area contributed by atoms with E-state index in [9.17, 15) is 18.3 Å². The monoisotopic (exact) mass is 362 g/mol. The number of halogens is 3. The van der Waals surface area contributed by atoms with E-state index in [4.69, 9.17) is 0 Å². The van der Waals surface area contributed by atoms with Gasteiger partial charge in [-0.05, 0) is 72.8 Å². The molecule has 27 heavy (non-hydrogen) atoms. The molecular weight excluding hydrogens is 349 g/mol. The first-order valence-corrected chi connectivity index (χ1v) is 8.00.